The van der Waals surface area contributed by atoms with E-state index in [-0.39, 0.29) is 16.8 Å². The Balaban J connectivity index is 2.35. The van der Waals surface area contributed by atoms with E-state index in [1.54, 1.807) is 12.1 Å². The number of hydrogen-bond acceptors (Lipinski definition) is 4. The molecule has 0 spiro atoms. The minimum Gasteiger partial charge on any atom is -0.339 e. The lowest BCUT2D eigenvalue weighted by atomic mass is 10.1. The Hall–Kier alpha value is -1.05. The van der Waals surface area contributed by atoms with Crippen LogP contribution in [0.5, 0.6) is 0 Å². The molecule has 1 aliphatic rings. The number of hydrogen-bond donors (Lipinski definition) is 1. The molecule has 1 amide bonds. The van der Waals surface area contributed by atoms with Crippen LogP contribution in [0.3, 0.4) is 0 Å². The molecule has 1 saturated heterocycles. The minimum absolute atomic E-state index is 0.0698. The molecule has 1 aliphatic heterocycles. The Morgan fingerprint density at radius 3 is 2.54 bits per heavy atom. The van der Waals surface area contributed by atoms with Gasteiger partial charge in [0.05, 0.1) is 10.5 Å². The topological polar surface area (TPSA) is 66.5 Å². The molecule has 0 bridgehead atoms. The summed E-state index contributed by atoms with van der Waals surface area (Å²) in [5, 5.41) is 0. The zero-order valence-corrected chi connectivity index (χ0v) is 16.2. The van der Waals surface area contributed by atoms with Crippen LogP contribution in [0.1, 0.15) is 49.9 Å². The third-order valence-corrected chi connectivity index (χ3v) is 6.71. The van der Waals surface area contributed by atoms with E-state index in [9.17, 15) is 13.2 Å². The van der Waals surface area contributed by atoms with Crippen LogP contribution in [-0.4, -0.2) is 44.6 Å². The van der Waals surface area contributed by atoms with Crippen LogP contribution in [-0.2, 0) is 10.0 Å². The predicted octanol–water partition coefficient (Wildman–Crippen LogP) is 3.11. The van der Waals surface area contributed by atoms with Gasteiger partial charge in [-0.2, -0.15) is 0 Å². The molecule has 0 unspecified atom stereocenters. The number of carbonyl (C=O) groups excluding carboxylic acids is 1. The summed E-state index contributed by atoms with van der Waals surface area (Å²) in [6.45, 7) is 5.24. The molecule has 1 N–H and O–H groups in total. The highest BCUT2D eigenvalue weighted by Gasteiger charge is 2.24. The van der Waals surface area contributed by atoms with Crippen LogP contribution in [0, 0.1) is 0 Å². The van der Waals surface area contributed by atoms with Crippen molar-refractivity contribution in [2.75, 3.05) is 19.3 Å². The Bertz CT molecular complexity index is 683. The van der Waals surface area contributed by atoms with Gasteiger partial charge in [0.1, 0.15) is 0 Å². The molecule has 0 aliphatic carbocycles. The maximum atomic E-state index is 12.8. The molecule has 1 heterocycles. The largest absolute Gasteiger partial charge is 0.339 e. The van der Waals surface area contributed by atoms with E-state index in [0.29, 0.717) is 12.0 Å². The van der Waals surface area contributed by atoms with Gasteiger partial charge in [0.15, 0.2) is 0 Å². The average Bonchev–Trinajstić information content (AvgIpc) is 2.60. The Kier molecular flexibility index (Phi) is 6.71. The van der Waals surface area contributed by atoms with E-state index in [2.05, 4.69) is 4.72 Å². The molecule has 1 atom stereocenters. The van der Waals surface area contributed by atoms with Crippen molar-refractivity contribution in [2.45, 2.75) is 55.4 Å². The molecule has 1 aromatic rings. The fourth-order valence-electron chi connectivity index (χ4n) is 2.70. The fraction of sp³-hybridized carbons (Fsp3) is 0.588. The highest BCUT2D eigenvalue weighted by atomic mass is 32.2. The zero-order chi connectivity index (χ0) is 17.7. The summed E-state index contributed by atoms with van der Waals surface area (Å²) < 4.78 is 27.7. The Morgan fingerprint density at radius 2 is 1.96 bits per heavy atom. The van der Waals surface area contributed by atoms with Crippen LogP contribution in [0.15, 0.2) is 28.0 Å². The van der Waals surface area contributed by atoms with Crippen molar-refractivity contribution >= 4 is 27.7 Å². The number of likely N-dealkylation sites (tertiary alicyclic amines) is 1. The molecule has 5 nitrogen and oxygen atoms in total. The number of amides is 1. The number of nitrogens with one attached hydrogen (secondary N) is 1. The number of piperidine rings is 1. The number of sulfonamides is 1. The van der Waals surface area contributed by atoms with Crippen molar-refractivity contribution in [3.05, 3.63) is 23.8 Å². The molecular weight excluding hydrogens is 344 g/mol. The third kappa shape index (κ3) is 4.52. The highest BCUT2D eigenvalue weighted by molar-refractivity contribution is 7.98. The van der Waals surface area contributed by atoms with Gasteiger partial charge in [-0.15, -0.1) is 11.8 Å². The lowest BCUT2D eigenvalue weighted by molar-refractivity contribution is 0.0720. The first-order chi connectivity index (χ1) is 11.4. The first kappa shape index (κ1) is 19.3. The maximum absolute atomic E-state index is 12.8. The van der Waals surface area contributed by atoms with Crippen molar-refractivity contribution < 1.29 is 13.2 Å². The minimum atomic E-state index is -3.61. The molecule has 1 fully saturated rings. The Morgan fingerprint density at radius 1 is 1.29 bits per heavy atom. The molecule has 1 aromatic carbocycles. The number of thioether (sulfide) groups is 1. The van der Waals surface area contributed by atoms with Gasteiger partial charge in [0.2, 0.25) is 10.0 Å². The quantitative estimate of drug-likeness (QED) is 0.782. The van der Waals surface area contributed by atoms with Crippen LogP contribution in [0.2, 0.25) is 0 Å². The van der Waals surface area contributed by atoms with Gasteiger partial charge in [0, 0.05) is 24.0 Å². The van der Waals surface area contributed by atoms with E-state index < -0.39 is 10.0 Å². The smallest absolute Gasteiger partial charge is 0.255 e. The van der Waals surface area contributed by atoms with Gasteiger partial charge in [-0.05, 0) is 57.1 Å². The molecule has 7 heteroatoms. The Labute approximate surface area is 149 Å². The van der Waals surface area contributed by atoms with Crippen LogP contribution < -0.4 is 4.72 Å². The molecule has 24 heavy (non-hydrogen) atoms. The van der Waals surface area contributed by atoms with Crippen molar-refractivity contribution in [1.82, 2.24) is 9.62 Å². The summed E-state index contributed by atoms with van der Waals surface area (Å²) >= 11 is 1.46. The lowest BCUT2D eigenvalue weighted by Gasteiger charge is -2.27. The average molecular weight is 371 g/mol. The van der Waals surface area contributed by atoms with Crippen LogP contribution in [0.4, 0.5) is 0 Å². The van der Waals surface area contributed by atoms with Crippen LogP contribution >= 0.6 is 11.8 Å². The van der Waals surface area contributed by atoms with Gasteiger partial charge >= 0.3 is 0 Å². The van der Waals surface area contributed by atoms with Crippen molar-refractivity contribution in [3.8, 4) is 0 Å². The summed E-state index contributed by atoms with van der Waals surface area (Å²) in [5.74, 6) is -0.0698. The summed E-state index contributed by atoms with van der Waals surface area (Å²) in [6.07, 6.45) is 5.77. The molecular formula is C17H26N2O3S2. The monoisotopic (exact) mass is 370 g/mol. The molecule has 0 radical (unpaired) electrons. The van der Waals surface area contributed by atoms with Gasteiger partial charge in [-0.3, -0.25) is 4.79 Å². The lowest BCUT2D eigenvalue weighted by Crippen LogP contribution is -2.36. The summed E-state index contributed by atoms with van der Waals surface area (Å²) in [4.78, 5) is 15.6. The van der Waals surface area contributed by atoms with E-state index in [0.717, 1.165) is 37.2 Å². The number of rotatable bonds is 6. The summed E-state index contributed by atoms with van der Waals surface area (Å²) in [6, 6.07) is 4.68. The number of nitrogens with zero attached hydrogens (tertiary/aromatic N) is 1. The first-order valence-electron chi connectivity index (χ1n) is 8.38. The fourth-order valence-corrected chi connectivity index (χ4v) is 4.63. The van der Waals surface area contributed by atoms with E-state index in [4.69, 9.17) is 0 Å². The molecule has 2 rings (SSSR count). The SMILES string of the molecule is CC[C@H](C)NS(=O)(=O)c1ccc(SC)c(C(=O)N2CCCCC2)c1. The third-order valence-electron chi connectivity index (χ3n) is 4.32. The maximum Gasteiger partial charge on any atom is 0.255 e. The summed E-state index contributed by atoms with van der Waals surface area (Å²) in [7, 11) is -3.61. The molecule has 134 valence electrons. The second-order valence-corrected chi connectivity index (χ2v) is 8.71. The second-order valence-electron chi connectivity index (χ2n) is 6.15. The van der Waals surface area contributed by atoms with Gasteiger partial charge in [0.25, 0.3) is 5.91 Å². The highest BCUT2D eigenvalue weighted by Crippen LogP contribution is 2.26. The van der Waals surface area contributed by atoms with E-state index in [1.807, 2.05) is 25.0 Å². The van der Waals surface area contributed by atoms with Crippen molar-refractivity contribution in [3.63, 3.8) is 0 Å². The number of benzene rings is 1. The van der Waals surface area contributed by atoms with Crippen molar-refractivity contribution in [2.24, 2.45) is 0 Å². The van der Waals surface area contributed by atoms with E-state index >= 15 is 0 Å². The standard InChI is InChI=1S/C17H26N2O3S2/c1-4-13(2)18-24(21,22)14-8-9-16(23-3)15(12-14)17(20)19-10-6-5-7-11-19/h8-9,12-13,18H,4-7,10-11H2,1-3H3/t13-/m0/s1. The number of carbonyl (C=O) groups is 1. The second kappa shape index (κ2) is 8.36. The molecule has 0 saturated carbocycles. The van der Waals surface area contributed by atoms with Crippen molar-refractivity contribution in [1.29, 1.82) is 0 Å². The predicted molar refractivity (Wildman–Crippen MR) is 98.1 cm³/mol. The normalized spacial score (nSPS) is 16.9. The van der Waals surface area contributed by atoms with E-state index in [1.165, 1.54) is 17.8 Å². The van der Waals surface area contributed by atoms with Gasteiger partial charge < -0.3 is 4.90 Å². The summed E-state index contributed by atoms with van der Waals surface area (Å²) in [5.41, 5.74) is 0.483. The van der Waals surface area contributed by atoms with Gasteiger partial charge in [-0.1, -0.05) is 6.92 Å². The first-order valence-corrected chi connectivity index (χ1v) is 11.1. The van der Waals surface area contributed by atoms with Gasteiger partial charge in [-0.25, -0.2) is 13.1 Å². The molecule has 0 aromatic heterocycles. The van der Waals surface area contributed by atoms with Crippen LogP contribution in [0.25, 0.3) is 0 Å². The zero-order valence-electron chi connectivity index (χ0n) is 14.5.